The molecule has 6 nitrogen and oxygen atoms in total. The molecule has 18 heavy (non-hydrogen) atoms. The predicted octanol–water partition coefficient (Wildman–Crippen LogP) is -0.0827. The number of carbonyl (C=O) groups excluding carboxylic acids is 1. The number of pyridine rings is 1. The summed E-state index contributed by atoms with van der Waals surface area (Å²) in [6.07, 6.45) is -0.626. The van der Waals surface area contributed by atoms with E-state index in [9.17, 15) is 9.90 Å². The maximum atomic E-state index is 11.4. The fraction of sp³-hybridized carbons (Fsp3) is 0.500. The van der Waals surface area contributed by atoms with Crippen LogP contribution in [0.2, 0.25) is 0 Å². The third-order valence-electron chi connectivity index (χ3n) is 2.72. The van der Waals surface area contributed by atoms with E-state index < -0.39 is 18.1 Å². The average molecular weight is 252 g/mol. The Balaban J connectivity index is 2.97. The zero-order valence-corrected chi connectivity index (χ0v) is 10.9. The Labute approximate surface area is 106 Å². The fourth-order valence-corrected chi connectivity index (χ4v) is 1.68. The maximum Gasteiger partial charge on any atom is 0.252 e. The third kappa shape index (κ3) is 3.41. The molecule has 1 amide bonds. The topological polar surface area (TPSA) is 114 Å². The van der Waals surface area contributed by atoms with Crippen LogP contribution in [0.4, 0.5) is 5.69 Å². The molecule has 6 N–H and O–H groups in total. The number of nitrogens with two attached hydrogens (primary N) is 2. The van der Waals surface area contributed by atoms with E-state index in [1.54, 1.807) is 19.9 Å². The van der Waals surface area contributed by atoms with E-state index in [2.05, 4.69) is 10.3 Å². The number of carbonyl (C=O) groups is 1. The highest BCUT2D eigenvalue weighted by Gasteiger charge is 2.15. The molecule has 0 aliphatic rings. The minimum Gasteiger partial charge on any atom is -0.392 e. The van der Waals surface area contributed by atoms with Gasteiger partial charge in [-0.25, -0.2) is 0 Å². The van der Waals surface area contributed by atoms with Crippen LogP contribution >= 0.6 is 0 Å². The monoisotopic (exact) mass is 252 g/mol. The van der Waals surface area contributed by atoms with Crippen LogP contribution in [0.3, 0.4) is 0 Å². The quantitative estimate of drug-likeness (QED) is 0.585. The van der Waals surface area contributed by atoms with Crippen LogP contribution in [0, 0.1) is 13.8 Å². The van der Waals surface area contributed by atoms with Crippen molar-refractivity contribution in [3.63, 3.8) is 0 Å². The molecule has 1 aromatic heterocycles. The average Bonchev–Trinajstić information content (AvgIpc) is 2.23. The lowest BCUT2D eigenvalue weighted by atomic mass is 10.1. The summed E-state index contributed by atoms with van der Waals surface area (Å²) in [5.74, 6) is -0.534. The van der Waals surface area contributed by atoms with E-state index in [1.165, 1.54) is 0 Å². The van der Waals surface area contributed by atoms with E-state index in [0.29, 0.717) is 23.5 Å². The first-order valence-corrected chi connectivity index (χ1v) is 5.78. The summed E-state index contributed by atoms with van der Waals surface area (Å²) in [5.41, 5.74) is 13.4. The van der Waals surface area contributed by atoms with Gasteiger partial charge in [-0.05, 0) is 26.8 Å². The summed E-state index contributed by atoms with van der Waals surface area (Å²) in [6, 6.07) is 1.32. The number of aliphatic hydroxyl groups excluding tert-OH is 1. The Morgan fingerprint density at radius 2 is 2.17 bits per heavy atom. The van der Waals surface area contributed by atoms with E-state index in [4.69, 9.17) is 11.5 Å². The Bertz CT molecular complexity index is 446. The summed E-state index contributed by atoms with van der Waals surface area (Å²) in [4.78, 5) is 15.6. The molecule has 0 aliphatic carbocycles. The van der Waals surface area contributed by atoms with Crippen molar-refractivity contribution < 1.29 is 9.90 Å². The molecule has 1 rings (SSSR count). The molecule has 0 fully saturated rings. The van der Waals surface area contributed by atoms with Crippen LogP contribution in [-0.4, -0.2) is 34.7 Å². The number of hydrogen-bond acceptors (Lipinski definition) is 5. The number of primary amides is 1. The summed E-state index contributed by atoms with van der Waals surface area (Å²) in [5, 5.41) is 12.3. The summed E-state index contributed by atoms with van der Waals surface area (Å²) in [7, 11) is 0. The second-order valence-electron chi connectivity index (χ2n) is 4.42. The number of hydrogen-bond donors (Lipinski definition) is 4. The Hall–Kier alpha value is -1.66. The van der Waals surface area contributed by atoms with Crippen LogP contribution < -0.4 is 16.8 Å². The van der Waals surface area contributed by atoms with Crippen molar-refractivity contribution in [3.05, 3.63) is 23.0 Å². The van der Waals surface area contributed by atoms with Crippen molar-refractivity contribution in [1.82, 2.24) is 4.98 Å². The fourth-order valence-electron chi connectivity index (χ4n) is 1.68. The standard InChI is InChI=1S/C12H20N4O2/c1-6-4-10(15-5-9(13)8(3)17)11(12(14)18)7(2)16-6/h4,8-9,17H,5,13H2,1-3H3,(H2,14,18)(H,15,16). The maximum absolute atomic E-state index is 11.4. The van der Waals surface area contributed by atoms with Gasteiger partial charge in [0.2, 0.25) is 0 Å². The van der Waals surface area contributed by atoms with E-state index in [-0.39, 0.29) is 0 Å². The van der Waals surface area contributed by atoms with Crippen LogP contribution in [0.15, 0.2) is 6.07 Å². The molecule has 6 heteroatoms. The number of anilines is 1. The molecule has 0 spiro atoms. The third-order valence-corrected chi connectivity index (χ3v) is 2.72. The van der Waals surface area contributed by atoms with Gasteiger partial charge in [-0.1, -0.05) is 0 Å². The van der Waals surface area contributed by atoms with Crippen molar-refractivity contribution in [2.45, 2.75) is 32.9 Å². The highest BCUT2D eigenvalue weighted by molar-refractivity contribution is 5.99. The highest BCUT2D eigenvalue weighted by atomic mass is 16.3. The van der Waals surface area contributed by atoms with Gasteiger partial charge in [-0.3, -0.25) is 9.78 Å². The molecule has 1 heterocycles. The van der Waals surface area contributed by atoms with E-state index in [1.807, 2.05) is 6.92 Å². The lowest BCUT2D eigenvalue weighted by molar-refractivity contribution is 0.1000. The van der Waals surface area contributed by atoms with Crippen LogP contribution in [0.25, 0.3) is 0 Å². The molecule has 100 valence electrons. The Kier molecular flexibility index (Phi) is 4.63. The SMILES string of the molecule is Cc1cc(NCC(N)C(C)O)c(C(N)=O)c(C)n1. The molecule has 0 aromatic carbocycles. The Morgan fingerprint density at radius 3 is 2.67 bits per heavy atom. The van der Waals surface area contributed by atoms with Crippen molar-refractivity contribution >= 4 is 11.6 Å². The van der Waals surface area contributed by atoms with E-state index >= 15 is 0 Å². The summed E-state index contributed by atoms with van der Waals surface area (Å²) in [6.45, 7) is 5.52. The number of aryl methyl sites for hydroxylation is 2. The van der Waals surface area contributed by atoms with Gasteiger partial charge >= 0.3 is 0 Å². The Morgan fingerprint density at radius 1 is 1.56 bits per heavy atom. The molecule has 0 saturated carbocycles. The van der Waals surface area contributed by atoms with Gasteiger partial charge in [-0.2, -0.15) is 0 Å². The molecule has 0 bridgehead atoms. The van der Waals surface area contributed by atoms with Gasteiger partial charge in [0.1, 0.15) is 0 Å². The number of rotatable bonds is 5. The number of amides is 1. The second-order valence-corrected chi connectivity index (χ2v) is 4.42. The van der Waals surface area contributed by atoms with Crippen molar-refractivity contribution in [2.24, 2.45) is 11.5 Å². The van der Waals surface area contributed by atoms with Gasteiger partial charge in [0.15, 0.2) is 0 Å². The van der Waals surface area contributed by atoms with Crippen LogP contribution in [0.1, 0.15) is 28.7 Å². The first-order valence-electron chi connectivity index (χ1n) is 5.78. The van der Waals surface area contributed by atoms with Crippen LogP contribution in [0.5, 0.6) is 0 Å². The van der Waals surface area contributed by atoms with Crippen molar-refractivity contribution in [1.29, 1.82) is 0 Å². The summed E-state index contributed by atoms with van der Waals surface area (Å²) >= 11 is 0. The molecule has 1 aromatic rings. The molecule has 2 unspecified atom stereocenters. The number of nitrogens with zero attached hydrogens (tertiary/aromatic N) is 1. The van der Waals surface area contributed by atoms with Gasteiger partial charge in [0, 0.05) is 18.3 Å². The predicted molar refractivity (Wildman–Crippen MR) is 70.4 cm³/mol. The van der Waals surface area contributed by atoms with Crippen molar-refractivity contribution in [3.8, 4) is 0 Å². The van der Waals surface area contributed by atoms with Crippen LogP contribution in [-0.2, 0) is 0 Å². The zero-order chi connectivity index (χ0) is 13.9. The second kappa shape index (κ2) is 5.79. The minimum atomic E-state index is -0.626. The number of aliphatic hydroxyl groups is 1. The smallest absolute Gasteiger partial charge is 0.252 e. The minimum absolute atomic E-state index is 0.348. The normalized spacial score (nSPS) is 14.1. The number of aromatic nitrogens is 1. The molecule has 0 aliphatic heterocycles. The van der Waals surface area contributed by atoms with Gasteiger partial charge in [-0.15, -0.1) is 0 Å². The van der Waals surface area contributed by atoms with E-state index in [0.717, 1.165) is 5.69 Å². The highest BCUT2D eigenvalue weighted by Crippen LogP contribution is 2.19. The lowest BCUT2D eigenvalue weighted by Crippen LogP contribution is -2.39. The van der Waals surface area contributed by atoms with Gasteiger partial charge in [0.25, 0.3) is 5.91 Å². The first-order chi connectivity index (χ1) is 8.32. The number of nitrogens with one attached hydrogen (secondary N) is 1. The molecular formula is C12H20N4O2. The van der Waals surface area contributed by atoms with Crippen molar-refractivity contribution in [2.75, 3.05) is 11.9 Å². The molecule has 0 saturated heterocycles. The molecule has 0 radical (unpaired) electrons. The summed E-state index contributed by atoms with van der Waals surface area (Å²) < 4.78 is 0. The largest absolute Gasteiger partial charge is 0.392 e. The lowest BCUT2D eigenvalue weighted by Gasteiger charge is -2.18. The zero-order valence-electron chi connectivity index (χ0n) is 10.9. The molecular weight excluding hydrogens is 232 g/mol. The van der Waals surface area contributed by atoms with Gasteiger partial charge in [0.05, 0.1) is 23.0 Å². The van der Waals surface area contributed by atoms with Gasteiger partial charge < -0.3 is 21.9 Å². The first kappa shape index (κ1) is 14.4. The molecule has 2 atom stereocenters.